The van der Waals surface area contributed by atoms with Crippen LogP contribution in [0.3, 0.4) is 0 Å². The van der Waals surface area contributed by atoms with Crippen LogP contribution in [0.2, 0.25) is 0 Å². The molecule has 0 amide bonds. The summed E-state index contributed by atoms with van der Waals surface area (Å²) in [6, 6.07) is 10.2. The van der Waals surface area contributed by atoms with Crippen LogP contribution in [0.15, 0.2) is 36.4 Å². The Labute approximate surface area is 213 Å². The number of carbonyl (C=O) groups excluding carboxylic acids is 1. The highest BCUT2D eigenvalue weighted by molar-refractivity contribution is 5.83. The van der Waals surface area contributed by atoms with Crippen LogP contribution in [0, 0.1) is 11.3 Å². The number of pyridine rings is 1. The molecule has 2 aromatic rings. The third-order valence-corrected chi connectivity index (χ3v) is 6.56. The predicted octanol–water partition coefficient (Wildman–Crippen LogP) is 5.26. The molecule has 0 bridgehead atoms. The average molecular weight is 502 g/mol. The average Bonchev–Trinajstić information content (AvgIpc) is 2.89. The highest BCUT2D eigenvalue weighted by Gasteiger charge is 2.41. The zero-order valence-electron chi connectivity index (χ0n) is 22.0. The fourth-order valence-electron chi connectivity index (χ4n) is 4.56. The smallest absolute Gasteiger partial charge is 0.318 e. The number of rotatable bonds is 13. The molecule has 36 heavy (non-hydrogen) atoms. The van der Waals surface area contributed by atoms with Gasteiger partial charge in [-0.25, -0.2) is 0 Å². The first-order valence-electron chi connectivity index (χ1n) is 12.4. The van der Waals surface area contributed by atoms with Crippen LogP contribution in [0.25, 0.3) is 17.0 Å². The topological polar surface area (TPSA) is 85.3 Å². The number of esters is 1. The zero-order chi connectivity index (χ0) is 26.0. The van der Waals surface area contributed by atoms with Gasteiger partial charge in [-0.15, -0.1) is 0 Å². The fraction of sp³-hybridized carbons (Fsp3) is 0.571. The molecular formula is C28H39NO7. The van der Waals surface area contributed by atoms with Crippen molar-refractivity contribution in [2.24, 2.45) is 11.3 Å². The van der Waals surface area contributed by atoms with Crippen molar-refractivity contribution in [3.8, 4) is 0 Å². The monoisotopic (exact) mass is 501 g/mol. The fourth-order valence-corrected chi connectivity index (χ4v) is 4.56. The Bertz CT molecular complexity index is 999. The van der Waals surface area contributed by atoms with Gasteiger partial charge in [-0.2, -0.15) is 0 Å². The molecule has 1 aliphatic carbocycles. The van der Waals surface area contributed by atoms with Gasteiger partial charge in [-0.3, -0.25) is 9.78 Å². The first kappa shape index (κ1) is 28.2. The summed E-state index contributed by atoms with van der Waals surface area (Å²) in [5.41, 5.74) is 1.97. The van der Waals surface area contributed by atoms with E-state index >= 15 is 0 Å². The maximum absolute atomic E-state index is 13.0. The normalized spacial score (nSPS) is 21.3. The summed E-state index contributed by atoms with van der Waals surface area (Å²) < 4.78 is 32.1. The van der Waals surface area contributed by atoms with E-state index in [1.807, 2.05) is 36.4 Å². The number of hydrogen-bond acceptors (Lipinski definition) is 8. The van der Waals surface area contributed by atoms with E-state index in [0.29, 0.717) is 12.8 Å². The van der Waals surface area contributed by atoms with Crippen molar-refractivity contribution in [3.05, 3.63) is 47.7 Å². The van der Waals surface area contributed by atoms with E-state index in [0.717, 1.165) is 35.0 Å². The summed E-state index contributed by atoms with van der Waals surface area (Å²) in [7, 11) is 4.72. The van der Waals surface area contributed by atoms with Gasteiger partial charge >= 0.3 is 5.97 Å². The summed E-state index contributed by atoms with van der Waals surface area (Å²) in [5.74, 6) is -0.0313. The minimum absolute atomic E-state index is 0.0666. The molecule has 0 aliphatic heterocycles. The lowest BCUT2D eigenvalue weighted by Crippen LogP contribution is -2.37. The molecular weight excluding hydrogens is 462 g/mol. The van der Waals surface area contributed by atoms with E-state index in [2.05, 4.69) is 19.9 Å². The molecule has 0 N–H and O–H groups in total. The predicted molar refractivity (Wildman–Crippen MR) is 137 cm³/mol. The number of carbonyl (C=O) groups is 1. The number of fused-ring (bicyclic) bond motifs is 1. The molecule has 0 radical (unpaired) electrons. The summed E-state index contributed by atoms with van der Waals surface area (Å²) >= 11 is 0. The Kier molecular flexibility index (Phi) is 10.8. The first-order chi connectivity index (χ1) is 17.4. The number of ether oxygens (including phenoxy) is 6. The van der Waals surface area contributed by atoms with Crippen LogP contribution in [0.1, 0.15) is 56.9 Å². The SMILES string of the molecule is COCOC(=O)C1(C=Cc2ccc3ccc(C(OCOC)C(C)C)nc3c2)CCC(OCOC)CC1. The molecule has 0 spiro atoms. The van der Waals surface area contributed by atoms with Gasteiger partial charge < -0.3 is 28.4 Å². The number of aromatic nitrogens is 1. The van der Waals surface area contributed by atoms with E-state index in [1.54, 1.807) is 14.2 Å². The van der Waals surface area contributed by atoms with Gasteiger partial charge in [0, 0.05) is 26.7 Å². The molecule has 0 saturated heterocycles. The summed E-state index contributed by atoms with van der Waals surface area (Å²) in [6.07, 6.45) is 6.61. The largest absolute Gasteiger partial charge is 0.438 e. The quantitative estimate of drug-likeness (QED) is 0.271. The third kappa shape index (κ3) is 7.33. The minimum Gasteiger partial charge on any atom is -0.438 e. The Morgan fingerprint density at radius 1 is 1.03 bits per heavy atom. The molecule has 1 aromatic heterocycles. The van der Waals surface area contributed by atoms with E-state index in [9.17, 15) is 4.79 Å². The van der Waals surface area contributed by atoms with Crippen molar-refractivity contribution in [1.82, 2.24) is 4.98 Å². The van der Waals surface area contributed by atoms with Gasteiger partial charge in [0.2, 0.25) is 0 Å². The van der Waals surface area contributed by atoms with Crippen molar-refractivity contribution in [2.75, 3.05) is 41.7 Å². The van der Waals surface area contributed by atoms with E-state index in [1.165, 1.54) is 7.11 Å². The molecule has 8 nitrogen and oxygen atoms in total. The molecule has 198 valence electrons. The zero-order valence-corrected chi connectivity index (χ0v) is 22.0. The lowest BCUT2D eigenvalue weighted by molar-refractivity contribution is -0.167. The molecule has 1 atom stereocenters. The van der Waals surface area contributed by atoms with Crippen LogP contribution >= 0.6 is 0 Å². The lowest BCUT2D eigenvalue weighted by Gasteiger charge is -2.35. The third-order valence-electron chi connectivity index (χ3n) is 6.56. The van der Waals surface area contributed by atoms with Crippen molar-refractivity contribution in [3.63, 3.8) is 0 Å². The Morgan fingerprint density at radius 3 is 2.39 bits per heavy atom. The maximum Gasteiger partial charge on any atom is 0.318 e. The van der Waals surface area contributed by atoms with Gasteiger partial charge in [0.1, 0.15) is 19.7 Å². The highest BCUT2D eigenvalue weighted by Crippen LogP contribution is 2.40. The van der Waals surface area contributed by atoms with Crippen molar-refractivity contribution in [1.29, 1.82) is 0 Å². The maximum atomic E-state index is 13.0. The molecule has 1 fully saturated rings. The van der Waals surface area contributed by atoms with Crippen LogP contribution in [-0.4, -0.2) is 58.8 Å². The standard InChI is InChI=1S/C28H39NO7/c1-20(2)26(35-18-32-4)24-9-8-22-7-6-21(16-25(22)29-24)10-13-28(27(30)36-19-33-5)14-11-23(12-15-28)34-17-31-3/h6-10,13,16,20,23,26H,11-12,14-15,17-19H2,1-5H3. The minimum atomic E-state index is -0.730. The summed E-state index contributed by atoms with van der Waals surface area (Å²) in [6.45, 7) is 4.60. The lowest BCUT2D eigenvalue weighted by atomic mass is 9.72. The van der Waals surface area contributed by atoms with Gasteiger partial charge in [-0.1, -0.05) is 44.2 Å². The number of nitrogens with zero attached hydrogens (tertiary/aromatic N) is 1. The molecule has 3 rings (SSSR count). The Balaban J connectivity index is 1.84. The van der Waals surface area contributed by atoms with Crippen LogP contribution in [-0.2, 0) is 33.2 Å². The second kappa shape index (κ2) is 13.8. The van der Waals surface area contributed by atoms with Crippen LogP contribution in [0.5, 0.6) is 0 Å². The van der Waals surface area contributed by atoms with Crippen molar-refractivity contribution in [2.45, 2.75) is 51.7 Å². The van der Waals surface area contributed by atoms with Crippen molar-refractivity contribution >= 4 is 22.9 Å². The van der Waals surface area contributed by atoms with E-state index in [4.69, 9.17) is 33.4 Å². The molecule has 1 aromatic carbocycles. The number of hydrogen-bond donors (Lipinski definition) is 0. The first-order valence-corrected chi connectivity index (χ1v) is 12.4. The highest BCUT2D eigenvalue weighted by atomic mass is 16.7. The Hall–Kier alpha value is -2.36. The summed E-state index contributed by atoms with van der Waals surface area (Å²) in [5, 5.41) is 1.04. The molecule has 1 saturated carbocycles. The van der Waals surface area contributed by atoms with Gasteiger partial charge in [0.15, 0.2) is 6.79 Å². The van der Waals surface area contributed by atoms with Gasteiger partial charge in [-0.05, 0) is 49.3 Å². The van der Waals surface area contributed by atoms with Crippen LogP contribution in [0.4, 0.5) is 0 Å². The van der Waals surface area contributed by atoms with E-state index < -0.39 is 5.41 Å². The molecule has 1 aliphatic rings. The molecule has 1 heterocycles. The van der Waals surface area contributed by atoms with Gasteiger partial charge in [0.05, 0.1) is 22.7 Å². The van der Waals surface area contributed by atoms with E-state index in [-0.39, 0.29) is 44.5 Å². The van der Waals surface area contributed by atoms with Crippen molar-refractivity contribution < 1.29 is 33.2 Å². The second-order valence-corrected chi connectivity index (χ2v) is 9.53. The number of methoxy groups -OCH3 is 3. The second-order valence-electron chi connectivity index (χ2n) is 9.53. The molecule has 1 unspecified atom stereocenters. The summed E-state index contributed by atoms with van der Waals surface area (Å²) in [4.78, 5) is 17.9. The Morgan fingerprint density at radius 2 is 1.72 bits per heavy atom. The van der Waals surface area contributed by atoms with Gasteiger partial charge in [0.25, 0.3) is 0 Å². The number of benzene rings is 1. The molecule has 8 heteroatoms. The van der Waals surface area contributed by atoms with Crippen LogP contribution < -0.4 is 0 Å².